The molecule has 0 saturated heterocycles. The summed E-state index contributed by atoms with van der Waals surface area (Å²) in [4.78, 5) is 0. The SMILES string of the molecule is [Li+].[Nb+5].[O-2].[O-2].[O-2].[O-2].[O-2].[OH-].[V]. The summed E-state index contributed by atoms with van der Waals surface area (Å²) in [6.45, 7) is 0. The monoisotopic (exact) mass is 248 g/mol. The average molecular weight is 248 g/mol. The first kappa shape index (κ1) is 354. The topological polar surface area (TPSA) is 172 Å². The van der Waals surface area contributed by atoms with Crippen molar-refractivity contribution in [2.45, 2.75) is 0 Å². The van der Waals surface area contributed by atoms with E-state index < -0.39 is 0 Å². The van der Waals surface area contributed by atoms with Crippen LogP contribution in [0.15, 0.2) is 0 Å². The summed E-state index contributed by atoms with van der Waals surface area (Å²) in [6, 6.07) is 0. The van der Waals surface area contributed by atoms with E-state index in [4.69, 9.17) is 0 Å². The molecule has 0 aromatic rings. The molecule has 1 radical (unpaired) electrons. The normalized spacial score (nSPS) is 0. The van der Waals surface area contributed by atoms with Crippen LogP contribution in [0.4, 0.5) is 0 Å². The zero-order chi connectivity index (χ0) is 0. The largest absolute Gasteiger partial charge is 5.00 e. The van der Waals surface area contributed by atoms with E-state index in [1.165, 1.54) is 0 Å². The summed E-state index contributed by atoms with van der Waals surface area (Å²) in [6.07, 6.45) is 0. The number of hydrogen-bond donors (Lipinski definition) is 0. The molecule has 0 amide bonds. The van der Waals surface area contributed by atoms with Crippen LogP contribution in [0.25, 0.3) is 0 Å². The molecule has 0 aliphatic rings. The first-order valence-corrected chi connectivity index (χ1v) is 0. The second kappa shape index (κ2) is 258. The standard InChI is InChI=1S/Li.Nb.H2O.5O.V/h;;1H2;;;;;;/q+1;+5;;5*-2;/p-1. The van der Waals surface area contributed by atoms with Gasteiger partial charge in [-0.2, -0.15) is 0 Å². The van der Waals surface area contributed by atoms with Crippen LogP contribution in [0.2, 0.25) is 0 Å². The molecule has 1 N–H and O–H groups in total. The molecule has 0 atom stereocenters. The molecule has 0 aromatic carbocycles. The summed E-state index contributed by atoms with van der Waals surface area (Å²) >= 11 is 0. The van der Waals surface area contributed by atoms with Crippen LogP contribution in [-0.2, 0) is 68.3 Å². The molecule has 0 heterocycles. The van der Waals surface area contributed by atoms with Gasteiger partial charge in [0, 0.05) is 18.6 Å². The Morgan fingerprint density at radius 2 is 0.556 bits per heavy atom. The Bertz CT molecular complexity index is 13.0. The maximum atomic E-state index is 0. The van der Waals surface area contributed by atoms with Crippen molar-refractivity contribution in [2.24, 2.45) is 0 Å². The number of hydrogen-bond acceptors (Lipinski definition) is 1. The van der Waals surface area contributed by atoms with Crippen LogP contribution >= 0.6 is 0 Å². The molecule has 0 bridgehead atoms. The molecule has 9 heteroatoms. The molecule has 0 aliphatic heterocycles. The van der Waals surface area contributed by atoms with E-state index in [0.29, 0.717) is 0 Å². The van der Waals surface area contributed by atoms with Crippen LogP contribution in [-0.4, -0.2) is 5.48 Å². The smallest absolute Gasteiger partial charge is 2.00 e. The Labute approximate surface area is 92.2 Å². The van der Waals surface area contributed by atoms with Gasteiger partial charge < -0.3 is 32.9 Å². The van der Waals surface area contributed by atoms with Gasteiger partial charge in [-0.25, -0.2) is 0 Å². The predicted molar refractivity (Wildman–Crippen MR) is 5.37 cm³/mol. The van der Waals surface area contributed by atoms with Crippen molar-refractivity contribution in [2.75, 3.05) is 0 Å². The maximum absolute atomic E-state index is 0. The Balaban J connectivity index is 0. The van der Waals surface area contributed by atoms with Gasteiger partial charge in [-0.3, -0.25) is 0 Å². The van der Waals surface area contributed by atoms with Gasteiger partial charge in [0.05, 0.1) is 0 Å². The van der Waals surface area contributed by atoms with Crippen LogP contribution in [0.3, 0.4) is 0 Å². The second-order valence-corrected chi connectivity index (χ2v) is 0. The summed E-state index contributed by atoms with van der Waals surface area (Å²) in [5, 5.41) is 0. The fraction of sp³-hybridized carbons (Fsp3) is 0. The molecule has 0 aromatic heterocycles. The molecule has 0 spiro atoms. The van der Waals surface area contributed by atoms with Gasteiger partial charge in [0.15, 0.2) is 0 Å². The van der Waals surface area contributed by atoms with Gasteiger partial charge in [-0.05, 0) is 0 Å². The first-order chi connectivity index (χ1) is 0. The van der Waals surface area contributed by atoms with Crippen LogP contribution in [0.5, 0.6) is 0 Å². The number of rotatable bonds is 0. The van der Waals surface area contributed by atoms with Crippen LogP contribution < -0.4 is 18.9 Å². The minimum atomic E-state index is 0. The third kappa shape index (κ3) is 202. The Kier molecular flexibility index (Phi) is 10100. The minimum absolute atomic E-state index is 0. The Hall–Kier alpha value is 1.68. The fourth-order valence-corrected chi connectivity index (χ4v) is 0. The van der Waals surface area contributed by atoms with E-state index in [1.807, 2.05) is 0 Å². The van der Waals surface area contributed by atoms with Crippen molar-refractivity contribution in [3.8, 4) is 0 Å². The van der Waals surface area contributed by atoms with E-state index in [2.05, 4.69) is 0 Å². The molecular weight excluding hydrogens is 247 g/mol. The molecule has 0 unspecified atom stereocenters. The summed E-state index contributed by atoms with van der Waals surface area (Å²) in [5.74, 6) is 0. The van der Waals surface area contributed by atoms with Crippen molar-refractivity contribution in [1.82, 2.24) is 0 Å². The molecule has 6 nitrogen and oxygen atoms in total. The molecule has 0 fully saturated rings. The molecule has 0 rings (SSSR count). The van der Waals surface area contributed by atoms with Crippen molar-refractivity contribution in [3.63, 3.8) is 0 Å². The Morgan fingerprint density at radius 1 is 0.556 bits per heavy atom. The van der Waals surface area contributed by atoms with Gasteiger partial charge >= 0.3 is 41.2 Å². The van der Waals surface area contributed by atoms with E-state index in [-0.39, 0.29) is 92.7 Å². The van der Waals surface area contributed by atoms with Gasteiger partial charge in [-0.1, -0.05) is 0 Å². The molecule has 0 saturated carbocycles. The summed E-state index contributed by atoms with van der Waals surface area (Å²) < 4.78 is 0. The van der Waals surface area contributed by atoms with Crippen molar-refractivity contribution in [3.05, 3.63) is 0 Å². The molecular formula is HLiNbO6V-5. The minimum Gasteiger partial charge on any atom is -2.00 e. The zero-order valence-electron chi connectivity index (χ0n) is 4.38. The third-order valence-corrected chi connectivity index (χ3v) is 0. The second-order valence-electron chi connectivity index (χ2n) is 0. The van der Waals surface area contributed by atoms with E-state index in [9.17, 15) is 0 Å². The van der Waals surface area contributed by atoms with Gasteiger partial charge in [0.1, 0.15) is 0 Å². The van der Waals surface area contributed by atoms with Crippen LogP contribution in [0, 0.1) is 0 Å². The summed E-state index contributed by atoms with van der Waals surface area (Å²) in [7, 11) is 0. The van der Waals surface area contributed by atoms with Crippen molar-refractivity contribution >= 4 is 0 Å². The van der Waals surface area contributed by atoms with Crippen LogP contribution in [0.1, 0.15) is 0 Å². The van der Waals surface area contributed by atoms with E-state index in [0.717, 1.165) is 0 Å². The first-order valence-electron chi connectivity index (χ1n) is 0. The predicted octanol–water partition coefficient (Wildman–Crippen LogP) is -3.77. The maximum Gasteiger partial charge on any atom is 5.00 e. The fourth-order valence-electron chi connectivity index (χ4n) is 0. The van der Waals surface area contributed by atoms with Gasteiger partial charge in [-0.15, -0.1) is 0 Å². The van der Waals surface area contributed by atoms with E-state index >= 15 is 0 Å². The quantitative estimate of drug-likeness (QED) is 0.393. The van der Waals surface area contributed by atoms with E-state index in [1.54, 1.807) is 0 Å². The third-order valence-electron chi connectivity index (χ3n) is 0. The van der Waals surface area contributed by atoms with Gasteiger partial charge in [0.25, 0.3) is 0 Å². The Morgan fingerprint density at radius 3 is 0.556 bits per heavy atom. The van der Waals surface area contributed by atoms with Crippen molar-refractivity contribution in [1.29, 1.82) is 0 Å². The molecule has 9 heavy (non-hydrogen) atoms. The molecule has 53 valence electrons. The van der Waals surface area contributed by atoms with Crippen molar-refractivity contribution < 1.29 is 92.7 Å². The molecule has 0 aliphatic carbocycles. The zero-order valence-corrected chi connectivity index (χ0v) is 7.98. The summed E-state index contributed by atoms with van der Waals surface area (Å²) in [5.41, 5.74) is 0. The van der Waals surface area contributed by atoms with Gasteiger partial charge in [0.2, 0.25) is 0 Å². The average Bonchev–Trinajstić information content (AvgIpc) is 0.